The van der Waals surface area contributed by atoms with Crippen LogP contribution in [0.2, 0.25) is 0 Å². The van der Waals surface area contributed by atoms with E-state index >= 15 is 0 Å². The minimum absolute atomic E-state index is 0.0552. The van der Waals surface area contributed by atoms with Gasteiger partial charge in [0.05, 0.1) is 34.4 Å². The number of ether oxygens (including phenoxy) is 3. The van der Waals surface area contributed by atoms with Crippen molar-refractivity contribution in [3.8, 4) is 0 Å². The fourth-order valence-corrected chi connectivity index (χ4v) is 6.65. The summed E-state index contributed by atoms with van der Waals surface area (Å²) in [6.07, 6.45) is 44.6. The Morgan fingerprint density at radius 2 is 0.946 bits per heavy atom. The number of carbonyl (C=O) groups is 3. The molecule has 0 aliphatic heterocycles. The van der Waals surface area contributed by atoms with Gasteiger partial charge in [-0.15, -0.1) is 0 Å². The molecule has 0 amide bonds. The lowest BCUT2D eigenvalue weighted by molar-refractivity contribution is -0.887. The van der Waals surface area contributed by atoms with Crippen LogP contribution in [0.25, 0.3) is 0 Å². The Balaban J connectivity index is 4.33. The number of nitrogens with zero attached hydrogens (tertiary/aromatic N) is 1. The van der Waals surface area contributed by atoms with Crippen LogP contribution in [0.15, 0.2) is 36.5 Å². The van der Waals surface area contributed by atoms with Crippen molar-refractivity contribution in [3.63, 3.8) is 0 Å². The normalized spacial score (nSPS) is 13.2. The Hall–Kier alpha value is -2.45. The van der Waals surface area contributed by atoms with E-state index in [9.17, 15) is 19.5 Å². The second kappa shape index (κ2) is 39.4. The molecule has 0 heterocycles. The summed E-state index contributed by atoms with van der Waals surface area (Å²) in [7, 11) is 5.53. The SMILES string of the molecule is CCCCC/C=C/C/C=C/CCCCCCCCCC(=O)OC(COCCC(C(=O)O)[N+](C)(C)C)COC(=O)CCCCCCCCC/C=C/CCCCCC. The molecule has 0 aliphatic carbocycles. The van der Waals surface area contributed by atoms with Gasteiger partial charge in [-0.1, -0.05) is 147 Å². The summed E-state index contributed by atoms with van der Waals surface area (Å²) in [5.41, 5.74) is 0. The van der Waals surface area contributed by atoms with Crippen LogP contribution in [0.1, 0.15) is 200 Å². The second-order valence-electron chi connectivity index (χ2n) is 16.7. The highest BCUT2D eigenvalue weighted by Gasteiger charge is 2.31. The lowest BCUT2D eigenvalue weighted by Gasteiger charge is -2.31. The van der Waals surface area contributed by atoms with Gasteiger partial charge in [0, 0.05) is 19.3 Å². The Kier molecular flexibility index (Phi) is 37.7. The van der Waals surface area contributed by atoms with E-state index in [0.717, 1.165) is 51.4 Å². The van der Waals surface area contributed by atoms with Crippen molar-refractivity contribution in [2.45, 2.75) is 212 Å². The summed E-state index contributed by atoms with van der Waals surface area (Å²) in [4.78, 5) is 37.0. The standard InChI is InChI=1S/C48H87NO7/c1-6-8-10-12-14-16-18-20-22-23-25-27-29-31-33-35-37-39-47(51)56-44(42-54-41-40-45(48(52)53)49(3,4)5)43-55-46(50)38-36-34-32-30-28-26-24-21-19-17-15-13-11-9-7-2/h14,16-17,19-20,22,44-45H,6-13,15,18,21,23-43H2,1-5H3/p+1/b16-14+,19-17+,22-20+. The fourth-order valence-electron chi connectivity index (χ4n) is 6.65. The number of quaternary nitrogens is 1. The van der Waals surface area contributed by atoms with Gasteiger partial charge in [-0.2, -0.15) is 0 Å². The van der Waals surface area contributed by atoms with Gasteiger partial charge in [-0.3, -0.25) is 9.59 Å². The van der Waals surface area contributed by atoms with Crippen LogP contribution in [0.5, 0.6) is 0 Å². The van der Waals surface area contributed by atoms with Crippen molar-refractivity contribution in [2.75, 3.05) is 41.0 Å². The first-order valence-electron chi connectivity index (χ1n) is 23.0. The molecule has 2 atom stereocenters. The topological polar surface area (TPSA) is 99.1 Å². The van der Waals surface area contributed by atoms with Crippen LogP contribution in [-0.2, 0) is 28.6 Å². The molecule has 0 spiro atoms. The largest absolute Gasteiger partial charge is 0.477 e. The minimum Gasteiger partial charge on any atom is -0.477 e. The summed E-state index contributed by atoms with van der Waals surface area (Å²) in [5.74, 6) is -1.48. The number of allylic oxidation sites excluding steroid dienone is 6. The first kappa shape index (κ1) is 53.6. The Bertz CT molecular complexity index is 1020. The Morgan fingerprint density at radius 1 is 0.536 bits per heavy atom. The van der Waals surface area contributed by atoms with Gasteiger partial charge in [0.1, 0.15) is 6.61 Å². The van der Waals surface area contributed by atoms with Crippen molar-refractivity contribution in [2.24, 2.45) is 0 Å². The molecule has 2 unspecified atom stereocenters. The highest BCUT2D eigenvalue weighted by molar-refractivity contribution is 5.72. The number of rotatable bonds is 41. The average molecular weight is 791 g/mol. The van der Waals surface area contributed by atoms with E-state index in [4.69, 9.17) is 14.2 Å². The van der Waals surface area contributed by atoms with Crippen molar-refractivity contribution in [1.29, 1.82) is 0 Å². The molecule has 8 nitrogen and oxygen atoms in total. The summed E-state index contributed by atoms with van der Waals surface area (Å²) < 4.78 is 17.3. The molecule has 0 aliphatic rings. The second-order valence-corrected chi connectivity index (χ2v) is 16.7. The third kappa shape index (κ3) is 37.1. The number of aliphatic carboxylic acids is 1. The molecule has 0 radical (unpaired) electrons. The van der Waals surface area contributed by atoms with E-state index in [1.165, 1.54) is 116 Å². The van der Waals surface area contributed by atoms with Crippen LogP contribution >= 0.6 is 0 Å². The number of likely N-dealkylation sites (N-methyl/N-ethyl adjacent to an activating group) is 1. The van der Waals surface area contributed by atoms with Crippen LogP contribution in [0.3, 0.4) is 0 Å². The average Bonchev–Trinajstić information content (AvgIpc) is 3.15. The van der Waals surface area contributed by atoms with E-state index in [2.05, 4.69) is 50.3 Å². The van der Waals surface area contributed by atoms with Gasteiger partial charge in [0.2, 0.25) is 0 Å². The third-order valence-electron chi connectivity index (χ3n) is 10.3. The Labute approximate surface area is 344 Å². The lowest BCUT2D eigenvalue weighted by atomic mass is 10.1. The quantitative estimate of drug-likeness (QED) is 0.0285. The maximum atomic E-state index is 12.7. The maximum Gasteiger partial charge on any atom is 0.362 e. The highest BCUT2D eigenvalue weighted by Crippen LogP contribution is 2.14. The molecular weight excluding hydrogens is 703 g/mol. The molecular formula is C48H88NO7+. The summed E-state index contributed by atoms with van der Waals surface area (Å²) in [6.45, 7) is 4.70. The minimum atomic E-state index is -0.877. The van der Waals surface area contributed by atoms with E-state index in [-0.39, 0.29) is 36.2 Å². The number of carbonyl (C=O) groups excluding carboxylic acids is 2. The van der Waals surface area contributed by atoms with Crippen LogP contribution in [0.4, 0.5) is 0 Å². The molecule has 0 saturated heterocycles. The van der Waals surface area contributed by atoms with Crippen molar-refractivity contribution in [1.82, 2.24) is 0 Å². The molecule has 0 aromatic rings. The molecule has 0 aromatic carbocycles. The molecule has 0 aromatic heterocycles. The number of esters is 2. The smallest absolute Gasteiger partial charge is 0.362 e. The van der Waals surface area contributed by atoms with Gasteiger partial charge in [0.25, 0.3) is 0 Å². The van der Waals surface area contributed by atoms with Gasteiger partial charge >= 0.3 is 17.9 Å². The predicted octanol–water partition coefficient (Wildman–Crippen LogP) is 12.6. The lowest BCUT2D eigenvalue weighted by Crippen LogP contribution is -2.50. The fraction of sp³-hybridized carbons (Fsp3) is 0.812. The molecule has 0 saturated carbocycles. The van der Waals surface area contributed by atoms with Gasteiger partial charge in [-0.25, -0.2) is 4.79 Å². The van der Waals surface area contributed by atoms with Crippen LogP contribution in [0, 0.1) is 0 Å². The number of carboxylic acids is 1. The van der Waals surface area contributed by atoms with E-state index in [1.807, 2.05) is 21.1 Å². The van der Waals surface area contributed by atoms with Crippen LogP contribution in [-0.4, -0.2) is 80.6 Å². The molecule has 0 bridgehead atoms. The Morgan fingerprint density at radius 3 is 1.43 bits per heavy atom. The zero-order chi connectivity index (χ0) is 41.4. The molecule has 0 rings (SSSR count). The van der Waals surface area contributed by atoms with E-state index in [0.29, 0.717) is 19.3 Å². The number of hydrogen-bond acceptors (Lipinski definition) is 6. The van der Waals surface area contributed by atoms with Gasteiger partial charge in [-0.05, 0) is 70.6 Å². The molecule has 1 N–H and O–H groups in total. The zero-order valence-electron chi connectivity index (χ0n) is 37.1. The van der Waals surface area contributed by atoms with Crippen molar-refractivity contribution in [3.05, 3.63) is 36.5 Å². The summed E-state index contributed by atoms with van der Waals surface area (Å²) >= 11 is 0. The number of carboxylic acid groups (broad SMARTS) is 1. The van der Waals surface area contributed by atoms with Crippen molar-refractivity contribution >= 4 is 17.9 Å². The molecule has 8 heteroatoms. The molecule has 56 heavy (non-hydrogen) atoms. The molecule has 326 valence electrons. The maximum absolute atomic E-state index is 12.7. The summed E-state index contributed by atoms with van der Waals surface area (Å²) in [6, 6.07) is -0.616. The molecule has 0 fully saturated rings. The number of unbranched alkanes of at least 4 members (excludes halogenated alkanes) is 21. The highest BCUT2D eigenvalue weighted by atomic mass is 16.6. The van der Waals surface area contributed by atoms with E-state index in [1.54, 1.807) is 0 Å². The monoisotopic (exact) mass is 791 g/mol. The third-order valence-corrected chi connectivity index (χ3v) is 10.3. The predicted molar refractivity (Wildman–Crippen MR) is 234 cm³/mol. The first-order valence-corrected chi connectivity index (χ1v) is 23.0. The number of hydrogen-bond donors (Lipinski definition) is 1. The van der Waals surface area contributed by atoms with Crippen molar-refractivity contribution < 1.29 is 38.2 Å². The van der Waals surface area contributed by atoms with Gasteiger partial charge < -0.3 is 23.8 Å². The van der Waals surface area contributed by atoms with E-state index < -0.39 is 18.1 Å². The first-order chi connectivity index (χ1) is 27.1. The van der Waals surface area contributed by atoms with Crippen LogP contribution < -0.4 is 0 Å². The zero-order valence-corrected chi connectivity index (χ0v) is 37.1. The van der Waals surface area contributed by atoms with Gasteiger partial charge in [0.15, 0.2) is 12.1 Å². The summed E-state index contributed by atoms with van der Waals surface area (Å²) in [5, 5.41) is 9.62.